The first-order chi connectivity index (χ1) is 19.4. The van der Waals surface area contributed by atoms with Gasteiger partial charge in [0, 0.05) is 12.1 Å². The van der Waals surface area contributed by atoms with Crippen molar-refractivity contribution < 1.29 is 23.8 Å². The molecule has 1 atom stereocenters. The summed E-state index contributed by atoms with van der Waals surface area (Å²) < 4.78 is 18.1. The van der Waals surface area contributed by atoms with Crippen molar-refractivity contribution in [2.45, 2.75) is 39.7 Å². The van der Waals surface area contributed by atoms with E-state index < -0.39 is 17.6 Å². The summed E-state index contributed by atoms with van der Waals surface area (Å²) in [6.07, 6.45) is 1.78. The van der Waals surface area contributed by atoms with Gasteiger partial charge in [0.15, 0.2) is 16.3 Å². The van der Waals surface area contributed by atoms with E-state index in [0.717, 1.165) is 35.4 Å². The fourth-order valence-electron chi connectivity index (χ4n) is 5.22. The second-order valence-electron chi connectivity index (χ2n) is 9.44. The van der Waals surface area contributed by atoms with Crippen LogP contribution in [0.15, 0.2) is 63.5 Å². The molecule has 0 saturated carbocycles. The number of carbonyl (C=O) groups excluding carboxylic acids is 2. The second kappa shape index (κ2) is 11.1. The number of hydrogen-bond acceptors (Lipinski definition) is 8. The van der Waals surface area contributed by atoms with Crippen LogP contribution in [0.25, 0.3) is 5.57 Å². The van der Waals surface area contributed by atoms with Gasteiger partial charge in [-0.2, -0.15) is 0 Å². The number of carbonyl (C=O) groups is 2. The number of aromatic nitrogens is 1. The SMILES string of the molecule is CCCCN1C(=O)/C(=c2\sc3n(c2=O)[C@@H](c2ccc(OC)c(OC)c2)C(C(=O)OCC)=C(C)N=3)c2ccccc21. The summed E-state index contributed by atoms with van der Waals surface area (Å²) in [7, 11) is 3.06. The maximum Gasteiger partial charge on any atom is 0.338 e. The van der Waals surface area contributed by atoms with E-state index in [2.05, 4.69) is 11.9 Å². The predicted octanol–water partition coefficient (Wildman–Crippen LogP) is 3.33. The van der Waals surface area contributed by atoms with E-state index >= 15 is 0 Å². The zero-order valence-corrected chi connectivity index (χ0v) is 24.0. The number of unbranched alkanes of at least 4 members (excludes halogenated alkanes) is 1. The van der Waals surface area contributed by atoms with Gasteiger partial charge in [0.1, 0.15) is 4.53 Å². The van der Waals surface area contributed by atoms with Crippen LogP contribution < -0.4 is 29.3 Å². The van der Waals surface area contributed by atoms with Crippen LogP contribution in [-0.4, -0.2) is 43.8 Å². The molecule has 0 saturated heterocycles. The zero-order valence-electron chi connectivity index (χ0n) is 23.1. The lowest BCUT2D eigenvalue weighted by Crippen LogP contribution is -2.41. The number of para-hydroxylation sites is 1. The van der Waals surface area contributed by atoms with E-state index in [4.69, 9.17) is 14.2 Å². The lowest BCUT2D eigenvalue weighted by atomic mass is 9.95. The summed E-state index contributed by atoms with van der Waals surface area (Å²) in [5.41, 5.74) is 2.79. The van der Waals surface area contributed by atoms with Gasteiger partial charge in [0.2, 0.25) is 0 Å². The van der Waals surface area contributed by atoms with Crippen molar-refractivity contribution >= 4 is 34.5 Å². The van der Waals surface area contributed by atoms with Gasteiger partial charge in [-0.1, -0.05) is 48.9 Å². The van der Waals surface area contributed by atoms with Crippen molar-refractivity contribution in [3.8, 4) is 11.5 Å². The molecule has 0 radical (unpaired) electrons. The quantitative estimate of drug-likeness (QED) is 0.391. The number of thiazole rings is 1. The topological polar surface area (TPSA) is 99.4 Å². The van der Waals surface area contributed by atoms with E-state index in [9.17, 15) is 14.4 Å². The fourth-order valence-corrected chi connectivity index (χ4v) is 6.35. The van der Waals surface area contributed by atoms with E-state index in [1.807, 2.05) is 24.3 Å². The van der Waals surface area contributed by atoms with Gasteiger partial charge in [-0.25, -0.2) is 9.79 Å². The van der Waals surface area contributed by atoms with Gasteiger partial charge in [-0.05, 0) is 44.0 Å². The maximum atomic E-state index is 14.3. The minimum absolute atomic E-state index is 0.168. The molecule has 0 aliphatic carbocycles. The molecule has 1 amide bonds. The molecule has 0 N–H and O–H groups in total. The van der Waals surface area contributed by atoms with E-state index in [1.165, 1.54) is 18.8 Å². The molecule has 9 nitrogen and oxygen atoms in total. The first-order valence-corrected chi connectivity index (χ1v) is 14.0. The van der Waals surface area contributed by atoms with Crippen molar-refractivity contribution in [1.29, 1.82) is 0 Å². The number of ether oxygens (including phenoxy) is 3. The Balaban J connectivity index is 1.79. The van der Waals surface area contributed by atoms with Gasteiger partial charge >= 0.3 is 5.97 Å². The van der Waals surface area contributed by atoms with Crippen molar-refractivity contribution in [3.63, 3.8) is 0 Å². The Labute approximate surface area is 235 Å². The molecule has 208 valence electrons. The highest BCUT2D eigenvalue weighted by atomic mass is 32.1. The Kier molecular flexibility index (Phi) is 7.62. The first-order valence-electron chi connectivity index (χ1n) is 13.2. The van der Waals surface area contributed by atoms with Crippen LogP contribution in [0.1, 0.15) is 50.8 Å². The first kappa shape index (κ1) is 27.4. The number of hydrogen-bond donors (Lipinski definition) is 0. The van der Waals surface area contributed by atoms with Gasteiger partial charge in [0.25, 0.3) is 11.5 Å². The van der Waals surface area contributed by atoms with Crippen LogP contribution >= 0.6 is 11.3 Å². The minimum atomic E-state index is -0.840. The number of methoxy groups -OCH3 is 2. The Morgan fingerprint density at radius 2 is 1.80 bits per heavy atom. The molecule has 2 aromatic carbocycles. The molecule has 3 heterocycles. The summed E-state index contributed by atoms with van der Waals surface area (Å²) in [6, 6.07) is 11.9. The predicted molar refractivity (Wildman–Crippen MR) is 153 cm³/mol. The van der Waals surface area contributed by atoms with Crippen molar-refractivity contribution in [2.24, 2.45) is 4.99 Å². The van der Waals surface area contributed by atoms with Crippen molar-refractivity contribution in [2.75, 3.05) is 32.3 Å². The maximum absolute atomic E-state index is 14.3. The highest BCUT2D eigenvalue weighted by Gasteiger charge is 2.37. The number of fused-ring (bicyclic) bond motifs is 2. The summed E-state index contributed by atoms with van der Waals surface area (Å²) in [5.74, 6) is 0.201. The Morgan fingerprint density at radius 3 is 2.50 bits per heavy atom. The number of nitrogens with zero attached hydrogens (tertiary/aromatic N) is 3. The third-order valence-electron chi connectivity index (χ3n) is 7.10. The zero-order chi connectivity index (χ0) is 28.6. The number of rotatable bonds is 8. The molecule has 10 heteroatoms. The summed E-state index contributed by atoms with van der Waals surface area (Å²) in [4.78, 5) is 48.1. The minimum Gasteiger partial charge on any atom is -0.493 e. The molecule has 1 aromatic heterocycles. The molecule has 40 heavy (non-hydrogen) atoms. The molecule has 0 spiro atoms. The van der Waals surface area contributed by atoms with Gasteiger partial charge in [-0.3, -0.25) is 14.2 Å². The molecular weight excluding hydrogens is 530 g/mol. The summed E-state index contributed by atoms with van der Waals surface area (Å²) >= 11 is 1.16. The molecule has 2 aliphatic heterocycles. The Hall–Kier alpha value is -4.18. The number of allylic oxidation sites excluding steroid dienone is 1. The summed E-state index contributed by atoms with van der Waals surface area (Å²) in [5, 5.41) is 0. The monoisotopic (exact) mass is 561 g/mol. The Bertz CT molecular complexity index is 1720. The third kappa shape index (κ3) is 4.42. The van der Waals surface area contributed by atoms with Gasteiger partial charge in [0.05, 0.1) is 49.4 Å². The number of benzene rings is 2. The number of anilines is 1. The standard InChI is InChI=1S/C30H31N3O6S/c1-6-8-15-32-20-12-10-9-11-19(20)24(27(32)34)26-28(35)33-25(18-13-14-21(37-4)22(16-18)38-5)23(29(36)39-7-2)17(3)31-30(33)40-26/h9-14,16,25H,6-8,15H2,1-5H3/b26-24-/t25-/m0/s1. The van der Waals surface area contributed by atoms with E-state index in [0.29, 0.717) is 44.2 Å². The highest BCUT2D eigenvalue weighted by molar-refractivity contribution is 7.07. The van der Waals surface area contributed by atoms with Crippen LogP contribution in [0, 0.1) is 0 Å². The van der Waals surface area contributed by atoms with Crippen LogP contribution in [0.4, 0.5) is 5.69 Å². The average molecular weight is 562 g/mol. The van der Waals surface area contributed by atoms with E-state index in [-0.39, 0.29) is 18.1 Å². The van der Waals surface area contributed by atoms with E-state index in [1.54, 1.807) is 36.9 Å². The lowest BCUT2D eigenvalue weighted by molar-refractivity contribution is -0.139. The average Bonchev–Trinajstić information content (AvgIpc) is 3.42. The van der Waals surface area contributed by atoms with Crippen LogP contribution in [-0.2, 0) is 14.3 Å². The molecule has 0 unspecified atom stereocenters. The summed E-state index contributed by atoms with van der Waals surface area (Å²) in [6.45, 7) is 6.26. The molecule has 0 fully saturated rings. The molecule has 5 rings (SSSR count). The third-order valence-corrected chi connectivity index (χ3v) is 8.15. The van der Waals surface area contributed by atoms with Crippen LogP contribution in [0.2, 0.25) is 0 Å². The number of amides is 1. The van der Waals surface area contributed by atoms with Gasteiger partial charge < -0.3 is 19.1 Å². The molecule has 0 bridgehead atoms. The largest absolute Gasteiger partial charge is 0.493 e. The van der Waals surface area contributed by atoms with Crippen LogP contribution in [0.3, 0.4) is 0 Å². The lowest BCUT2D eigenvalue weighted by Gasteiger charge is -2.25. The normalized spacial score (nSPS) is 17.4. The highest BCUT2D eigenvalue weighted by Crippen LogP contribution is 2.37. The fraction of sp³-hybridized carbons (Fsp3) is 0.333. The van der Waals surface area contributed by atoms with Crippen LogP contribution in [0.5, 0.6) is 11.5 Å². The van der Waals surface area contributed by atoms with Crippen molar-refractivity contribution in [1.82, 2.24) is 4.57 Å². The number of esters is 1. The molecule has 2 aliphatic rings. The molecule has 3 aromatic rings. The molecular formula is C30H31N3O6S. The smallest absolute Gasteiger partial charge is 0.338 e. The van der Waals surface area contributed by atoms with Crippen molar-refractivity contribution in [3.05, 3.63) is 84.5 Å². The second-order valence-corrected chi connectivity index (χ2v) is 10.4. The Morgan fingerprint density at radius 1 is 1.05 bits per heavy atom. The van der Waals surface area contributed by atoms with Gasteiger partial charge in [-0.15, -0.1) is 0 Å².